The first kappa shape index (κ1) is 24.2. The maximum absolute atomic E-state index is 14.3. The fraction of sp³-hybridized carbons (Fsp3) is 0.0909. The number of aromatic nitrogens is 3. The van der Waals surface area contributed by atoms with Gasteiger partial charge in [0.05, 0.1) is 33.5 Å². The summed E-state index contributed by atoms with van der Waals surface area (Å²) in [7, 11) is -4.13. The first-order chi connectivity index (χ1) is 16.3. The molecule has 4 aromatic rings. The van der Waals surface area contributed by atoms with Crippen molar-refractivity contribution in [3.63, 3.8) is 0 Å². The summed E-state index contributed by atoms with van der Waals surface area (Å²) < 4.78 is 104. The number of hydrogen-bond donors (Lipinski definition) is 1. The monoisotopic (exact) mass is 510 g/mol. The molecule has 0 aliphatic rings. The summed E-state index contributed by atoms with van der Waals surface area (Å²) in [6, 6.07) is 7.61. The molecule has 6 nitrogen and oxygen atoms in total. The van der Waals surface area contributed by atoms with E-state index in [0.29, 0.717) is 6.07 Å². The minimum absolute atomic E-state index is 0.0237. The number of primary sulfonamides is 1. The number of benzene rings is 2. The van der Waals surface area contributed by atoms with Gasteiger partial charge in [0, 0.05) is 5.56 Å². The molecule has 2 aromatic heterocycles. The van der Waals surface area contributed by atoms with Gasteiger partial charge in [-0.15, -0.1) is 0 Å². The summed E-state index contributed by atoms with van der Waals surface area (Å²) in [4.78, 5) is 3.76. The van der Waals surface area contributed by atoms with Gasteiger partial charge in [0.1, 0.15) is 11.5 Å². The molecule has 0 fully saturated rings. The average molecular weight is 510 g/mol. The number of rotatable bonds is 3. The number of halogens is 6. The molecule has 0 amide bonds. The summed E-state index contributed by atoms with van der Waals surface area (Å²) >= 11 is 0. The molecule has 35 heavy (non-hydrogen) atoms. The second-order valence-corrected chi connectivity index (χ2v) is 8.73. The Morgan fingerprint density at radius 2 is 1.63 bits per heavy atom. The highest BCUT2D eigenvalue weighted by Gasteiger charge is 2.30. The van der Waals surface area contributed by atoms with Crippen LogP contribution in [0, 0.1) is 17.7 Å². The number of hydrogen-bond acceptors (Lipinski definition) is 4. The second-order valence-electron chi connectivity index (χ2n) is 7.17. The van der Waals surface area contributed by atoms with E-state index in [-0.39, 0.29) is 28.0 Å². The Labute approximate surface area is 194 Å². The molecule has 0 aliphatic heterocycles. The predicted molar refractivity (Wildman–Crippen MR) is 112 cm³/mol. The molecular weight excluding hydrogens is 498 g/mol. The summed E-state index contributed by atoms with van der Waals surface area (Å²) in [5.74, 6) is 4.02. The fourth-order valence-electron chi connectivity index (χ4n) is 3.12. The SMILES string of the molecule is NS(=O)(=O)c1ccc(C#Cc2cnn3c(C(F)F)cc(-c4ccc(C(F)(F)F)cc4)nc23)c(F)c1. The van der Waals surface area contributed by atoms with E-state index in [1.54, 1.807) is 0 Å². The lowest BCUT2D eigenvalue weighted by atomic mass is 10.1. The van der Waals surface area contributed by atoms with Crippen LogP contribution in [0.25, 0.3) is 16.9 Å². The highest BCUT2D eigenvalue weighted by molar-refractivity contribution is 7.89. The van der Waals surface area contributed by atoms with Gasteiger partial charge in [0.25, 0.3) is 6.43 Å². The zero-order chi connectivity index (χ0) is 25.5. The number of alkyl halides is 5. The van der Waals surface area contributed by atoms with E-state index >= 15 is 0 Å². The zero-order valence-electron chi connectivity index (χ0n) is 17.2. The van der Waals surface area contributed by atoms with Crippen LogP contribution in [0.3, 0.4) is 0 Å². The van der Waals surface area contributed by atoms with Crippen LogP contribution >= 0.6 is 0 Å². The molecule has 13 heteroatoms. The normalized spacial score (nSPS) is 12.1. The van der Waals surface area contributed by atoms with E-state index < -0.39 is 44.6 Å². The molecule has 180 valence electrons. The van der Waals surface area contributed by atoms with Gasteiger partial charge in [-0.2, -0.15) is 18.3 Å². The van der Waals surface area contributed by atoms with Gasteiger partial charge in [-0.25, -0.2) is 36.2 Å². The minimum atomic E-state index is -4.57. The quantitative estimate of drug-likeness (QED) is 0.324. The van der Waals surface area contributed by atoms with Crippen LogP contribution in [-0.2, 0) is 16.2 Å². The van der Waals surface area contributed by atoms with E-state index in [1.807, 2.05) is 0 Å². The summed E-state index contributed by atoms with van der Waals surface area (Å²) in [6.07, 6.45) is -6.45. The van der Waals surface area contributed by atoms with E-state index in [1.165, 1.54) is 0 Å². The molecule has 0 bridgehead atoms. The fourth-order valence-corrected chi connectivity index (χ4v) is 3.64. The van der Waals surface area contributed by atoms with Crippen LogP contribution in [0.1, 0.15) is 28.8 Å². The van der Waals surface area contributed by atoms with Crippen molar-refractivity contribution in [2.24, 2.45) is 5.14 Å². The highest BCUT2D eigenvalue weighted by atomic mass is 32.2. The van der Waals surface area contributed by atoms with E-state index in [0.717, 1.165) is 53.2 Å². The van der Waals surface area contributed by atoms with Crippen molar-refractivity contribution < 1.29 is 34.8 Å². The van der Waals surface area contributed by atoms with Gasteiger partial charge in [0.15, 0.2) is 5.65 Å². The van der Waals surface area contributed by atoms with Crippen molar-refractivity contribution in [2.75, 3.05) is 0 Å². The molecule has 0 aliphatic carbocycles. The van der Waals surface area contributed by atoms with Crippen molar-refractivity contribution in [1.29, 1.82) is 0 Å². The Bertz CT molecular complexity index is 1600. The van der Waals surface area contributed by atoms with Gasteiger partial charge in [-0.3, -0.25) is 0 Å². The van der Waals surface area contributed by atoms with E-state index in [9.17, 15) is 34.8 Å². The lowest BCUT2D eigenvalue weighted by molar-refractivity contribution is -0.137. The Kier molecular flexibility index (Phi) is 6.04. The zero-order valence-corrected chi connectivity index (χ0v) is 18.0. The molecule has 0 atom stereocenters. The first-order valence-corrected chi connectivity index (χ1v) is 11.1. The molecule has 0 saturated carbocycles. The second kappa shape index (κ2) is 8.71. The number of nitrogens with zero attached hydrogens (tertiary/aromatic N) is 3. The van der Waals surface area contributed by atoms with Crippen LogP contribution in [0.4, 0.5) is 26.3 Å². The third-order valence-electron chi connectivity index (χ3n) is 4.83. The number of sulfonamides is 1. The van der Waals surface area contributed by atoms with Crippen molar-refractivity contribution in [3.05, 3.63) is 82.9 Å². The Balaban J connectivity index is 1.80. The van der Waals surface area contributed by atoms with Crippen LogP contribution in [-0.4, -0.2) is 23.0 Å². The first-order valence-electron chi connectivity index (χ1n) is 9.53. The maximum atomic E-state index is 14.3. The Morgan fingerprint density at radius 3 is 2.20 bits per heavy atom. The lowest BCUT2D eigenvalue weighted by Crippen LogP contribution is -2.12. The van der Waals surface area contributed by atoms with Gasteiger partial charge in [-0.05, 0) is 36.4 Å². The standard InChI is InChI=1S/C22H12F6N4O2S/c23-17-9-16(35(29,33)34)8-5-12(17)1-2-14-11-30-32-19(20(24)25)10-18(31-21(14)32)13-3-6-15(7-4-13)22(26,27)28/h3-11,20H,(H2,29,33,34). The summed E-state index contributed by atoms with van der Waals surface area (Å²) in [5, 5.41) is 8.79. The molecule has 0 unspecified atom stereocenters. The highest BCUT2D eigenvalue weighted by Crippen LogP contribution is 2.32. The predicted octanol–water partition coefficient (Wildman–Crippen LogP) is 4.54. The van der Waals surface area contributed by atoms with Crippen molar-refractivity contribution in [3.8, 4) is 23.1 Å². The van der Waals surface area contributed by atoms with Crippen molar-refractivity contribution >= 4 is 15.7 Å². The molecule has 0 saturated heterocycles. The largest absolute Gasteiger partial charge is 0.416 e. The Hall–Kier alpha value is -3.89. The van der Waals surface area contributed by atoms with Crippen LogP contribution in [0.2, 0.25) is 0 Å². The van der Waals surface area contributed by atoms with Crippen LogP contribution < -0.4 is 5.14 Å². The average Bonchev–Trinajstić information content (AvgIpc) is 3.19. The molecular formula is C22H12F6N4O2S. The topological polar surface area (TPSA) is 90.4 Å². The molecule has 0 radical (unpaired) electrons. The third-order valence-corrected chi connectivity index (χ3v) is 5.74. The van der Waals surface area contributed by atoms with E-state index in [4.69, 9.17) is 5.14 Å². The smallest absolute Gasteiger partial charge is 0.227 e. The Morgan fingerprint density at radius 1 is 0.971 bits per heavy atom. The van der Waals surface area contributed by atoms with Gasteiger partial charge in [0.2, 0.25) is 10.0 Å². The van der Waals surface area contributed by atoms with Gasteiger partial charge in [-0.1, -0.05) is 24.0 Å². The van der Waals surface area contributed by atoms with Crippen LogP contribution in [0.5, 0.6) is 0 Å². The molecule has 4 rings (SSSR count). The lowest BCUT2D eigenvalue weighted by Gasteiger charge is -2.10. The minimum Gasteiger partial charge on any atom is -0.227 e. The molecule has 2 aromatic carbocycles. The molecule has 2 heterocycles. The van der Waals surface area contributed by atoms with Crippen molar-refractivity contribution in [1.82, 2.24) is 14.6 Å². The van der Waals surface area contributed by atoms with Gasteiger partial charge >= 0.3 is 6.18 Å². The summed E-state index contributed by atoms with van der Waals surface area (Å²) in [6.45, 7) is 0. The van der Waals surface area contributed by atoms with Crippen LogP contribution in [0.15, 0.2) is 59.6 Å². The third kappa shape index (κ3) is 4.98. The number of nitrogens with two attached hydrogens (primary N) is 1. The summed E-state index contributed by atoms with van der Waals surface area (Å²) in [5.41, 5.74) is -1.71. The van der Waals surface area contributed by atoms with Crippen molar-refractivity contribution in [2.45, 2.75) is 17.5 Å². The molecule has 0 spiro atoms. The molecule has 2 N–H and O–H groups in total. The number of fused-ring (bicyclic) bond motifs is 1. The maximum Gasteiger partial charge on any atom is 0.416 e. The van der Waals surface area contributed by atoms with E-state index in [2.05, 4.69) is 21.9 Å². The van der Waals surface area contributed by atoms with Gasteiger partial charge < -0.3 is 0 Å².